The maximum Gasteiger partial charge on any atom is 0.374 e. The molecule has 0 saturated heterocycles. The second-order valence-electron chi connectivity index (χ2n) is 7.11. The number of aryl methyl sites for hydroxylation is 1. The van der Waals surface area contributed by atoms with E-state index in [9.17, 15) is 4.79 Å². The lowest BCUT2D eigenvalue weighted by molar-refractivity contribution is -0.874. The zero-order valence-electron chi connectivity index (χ0n) is 14.3. The Balaban J connectivity index is 2.12. The maximum atomic E-state index is 12.4. The van der Waals surface area contributed by atoms with Gasteiger partial charge in [0, 0.05) is 16.9 Å². The molecular weight excluding hydrogens is 278 g/mol. The first-order valence-corrected chi connectivity index (χ1v) is 7.68. The SMILES string of the molecule is Cc1c(C(=O)O[C@H](C)[C@@H](C)C[N+](C)(C)C)oc2ccccc12. The minimum atomic E-state index is -0.380. The molecule has 0 unspecified atom stereocenters. The zero-order chi connectivity index (χ0) is 16.5. The van der Waals surface area contributed by atoms with Crippen molar-refractivity contribution >= 4 is 16.9 Å². The summed E-state index contributed by atoms with van der Waals surface area (Å²) >= 11 is 0. The Morgan fingerprint density at radius 2 is 1.86 bits per heavy atom. The van der Waals surface area contributed by atoms with Gasteiger partial charge in [0.1, 0.15) is 11.7 Å². The normalized spacial score (nSPS) is 14.8. The van der Waals surface area contributed by atoms with E-state index in [-0.39, 0.29) is 18.0 Å². The van der Waals surface area contributed by atoms with Gasteiger partial charge in [-0.15, -0.1) is 0 Å². The van der Waals surface area contributed by atoms with Crippen molar-refractivity contribution in [2.45, 2.75) is 26.9 Å². The number of quaternary nitrogens is 1. The molecule has 0 aliphatic heterocycles. The van der Waals surface area contributed by atoms with Crippen LogP contribution in [-0.2, 0) is 4.74 Å². The second kappa shape index (κ2) is 6.13. The summed E-state index contributed by atoms with van der Waals surface area (Å²) in [6.07, 6.45) is -0.155. The van der Waals surface area contributed by atoms with Crippen molar-refractivity contribution in [2.75, 3.05) is 27.7 Å². The van der Waals surface area contributed by atoms with Crippen LogP contribution in [0.25, 0.3) is 11.0 Å². The molecule has 2 aromatic rings. The fourth-order valence-corrected chi connectivity index (χ4v) is 2.72. The van der Waals surface area contributed by atoms with E-state index < -0.39 is 0 Å². The number of esters is 1. The van der Waals surface area contributed by atoms with Crippen molar-refractivity contribution in [2.24, 2.45) is 5.92 Å². The molecule has 0 spiro atoms. The van der Waals surface area contributed by atoms with Crippen LogP contribution >= 0.6 is 0 Å². The standard InChI is InChI=1S/C18H26NO3/c1-12(11-19(4,5)6)14(3)21-18(20)17-13(2)15-9-7-8-10-16(15)22-17/h7-10,12,14H,11H2,1-6H3/q+1/t12-,14+/m0/s1. The van der Waals surface area contributed by atoms with Crippen molar-refractivity contribution in [3.63, 3.8) is 0 Å². The van der Waals surface area contributed by atoms with Crippen LogP contribution in [0.4, 0.5) is 0 Å². The van der Waals surface area contributed by atoms with Crippen molar-refractivity contribution in [1.29, 1.82) is 0 Å². The van der Waals surface area contributed by atoms with E-state index in [1.54, 1.807) is 0 Å². The molecule has 0 bridgehead atoms. The van der Waals surface area contributed by atoms with E-state index >= 15 is 0 Å². The predicted molar refractivity (Wildman–Crippen MR) is 87.9 cm³/mol. The highest BCUT2D eigenvalue weighted by molar-refractivity contribution is 5.95. The second-order valence-corrected chi connectivity index (χ2v) is 7.11. The Kier molecular flexibility index (Phi) is 4.61. The molecule has 4 nitrogen and oxygen atoms in total. The quantitative estimate of drug-likeness (QED) is 0.625. The maximum absolute atomic E-state index is 12.4. The number of carbonyl (C=O) groups is 1. The predicted octanol–water partition coefficient (Wildman–Crippen LogP) is 3.63. The smallest absolute Gasteiger partial charge is 0.374 e. The van der Waals surface area contributed by atoms with Crippen molar-refractivity contribution in [1.82, 2.24) is 0 Å². The average molecular weight is 304 g/mol. The lowest BCUT2D eigenvalue weighted by Crippen LogP contribution is -2.42. The van der Waals surface area contributed by atoms with E-state index in [1.807, 2.05) is 38.1 Å². The molecule has 0 fully saturated rings. The van der Waals surface area contributed by atoms with Gasteiger partial charge < -0.3 is 13.6 Å². The summed E-state index contributed by atoms with van der Waals surface area (Å²) in [5, 5.41) is 0.960. The number of nitrogens with zero attached hydrogens (tertiary/aromatic N) is 1. The summed E-state index contributed by atoms with van der Waals surface area (Å²) < 4.78 is 12.1. The summed E-state index contributed by atoms with van der Waals surface area (Å²) in [7, 11) is 6.40. The summed E-state index contributed by atoms with van der Waals surface area (Å²) in [5.41, 5.74) is 1.56. The third kappa shape index (κ3) is 3.69. The number of hydrogen-bond donors (Lipinski definition) is 0. The van der Waals surface area contributed by atoms with Crippen molar-refractivity contribution < 1.29 is 18.4 Å². The topological polar surface area (TPSA) is 39.4 Å². The Morgan fingerprint density at radius 1 is 1.23 bits per heavy atom. The molecule has 0 aliphatic rings. The number of furan rings is 1. The zero-order valence-corrected chi connectivity index (χ0v) is 14.3. The van der Waals surface area contributed by atoms with Gasteiger partial charge in [-0.1, -0.05) is 25.1 Å². The molecule has 0 aliphatic carbocycles. The van der Waals surface area contributed by atoms with Gasteiger partial charge >= 0.3 is 5.97 Å². The van der Waals surface area contributed by atoms with E-state index in [2.05, 4.69) is 28.1 Å². The molecule has 22 heavy (non-hydrogen) atoms. The average Bonchev–Trinajstić information content (AvgIpc) is 2.75. The molecule has 120 valence electrons. The van der Waals surface area contributed by atoms with Crippen LogP contribution < -0.4 is 0 Å². The molecule has 1 heterocycles. The van der Waals surface area contributed by atoms with Crippen molar-refractivity contribution in [3.05, 3.63) is 35.6 Å². The van der Waals surface area contributed by atoms with Crippen LogP contribution in [0.15, 0.2) is 28.7 Å². The van der Waals surface area contributed by atoms with Gasteiger partial charge in [0.15, 0.2) is 0 Å². The summed E-state index contributed by atoms with van der Waals surface area (Å²) in [6, 6.07) is 7.65. The fraction of sp³-hybridized carbons (Fsp3) is 0.500. The molecule has 1 aromatic carbocycles. The number of ether oxygens (including phenoxy) is 1. The van der Waals surface area contributed by atoms with Gasteiger partial charge in [0.2, 0.25) is 5.76 Å². The molecule has 2 rings (SSSR count). The van der Waals surface area contributed by atoms with Crippen LogP contribution in [0, 0.1) is 12.8 Å². The van der Waals surface area contributed by atoms with Crippen LogP contribution in [-0.4, -0.2) is 44.2 Å². The largest absolute Gasteiger partial charge is 0.456 e. The van der Waals surface area contributed by atoms with Gasteiger partial charge in [-0.05, 0) is 19.9 Å². The van der Waals surface area contributed by atoms with Crippen molar-refractivity contribution in [3.8, 4) is 0 Å². The monoisotopic (exact) mass is 304 g/mol. The van der Waals surface area contributed by atoms with Gasteiger partial charge in [0.25, 0.3) is 0 Å². The van der Waals surface area contributed by atoms with E-state index in [0.717, 1.165) is 27.6 Å². The summed E-state index contributed by atoms with van der Waals surface area (Å²) in [4.78, 5) is 12.4. The Hall–Kier alpha value is -1.81. The molecule has 0 N–H and O–H groups in total. The fourth-order valence-electron chi connectivity index (χ4n) is 2.72. The first kappa shape index (κ1) is 16.6. The third-order valence-electron chi connectivity index (χ3n) is 3.96. The molecule has 0 amide bonds. The molecule has 0 saturated carbocycles. The van der Waals surface area contributed by atoms with Crippen LogP contribution in [0.5, 0.6) is 0 Å². The number of carbonyl (C=O) groups excluding carboxylic acids is 1. The minimum absolute atomic E-state index is 0.155. The summed E-state index contributed by atoms with van der Waals surface area (Å²) in [6.45, 7) is 6.87. The highest BCUT2D eigenvalue weighted by atomic mass is 16.6. The Bertz CT molecular complexity index is 667. The molecule has 4 heteroatoms. The van der Waals surface area contributed by atoms with Gasteiger partial charge in [-0.25, -0.2) is 4.79 Å². The Morgan fingerprint density at radius 3 is 2.45 bits per heavy atom. The molecule has 2 atom stereocenters. The summed E-state index contributed by atoms with van der Waals surface area (Å²) in [5.74, 6) is 0.202. The molecule has 0 radical (unpaired) electrons. The van der Waals surface area contributed by atoms with E-state index in [0.29, 0.717) is 5.76 Å². The highest BCUT2D eigenvalue weighted by Crippen LogP contribution is 2.26. The number of hydrogen-bond acceptors (Lipinski definition) is 3. The molecule has 1 aromatic heterocycles. The number of fused-ring (bicyclic) bond motifs is 1. The lowest BCUT2D eigenvalue weighted by Gasteiger charge is -2.30. The number of rotatable bonds is 5. The first-order valence-electron chi connectivity index (χ1n) is 7.68. The van der Waals surface area contributed by atoms with Gasteiger partial charge in [0.05, 0.1) is 27.7 Å². The van der Waals surface area contributed by atoms with E-state index in [4.69, 9.17) is 9.15 Å². The number of para-hydroxylation sites is 1. The van der Waals surface area contributed by atoms with Crippen LogP contribution in [0.3, 0.4) is 0 Å². The third-order valence-corrected chi connectivity index (χ3v) is 3.96. The molecular formula is C18H26NO3+. The van der Waals surface area contributed by atoms with Gasteiger partial charge in [-0.2, -0.15) is 0 Å². The minimum Gasteiger partial charge on any atom is -0.456 e. The highest BCUT2D eigenvalue weighted by Gasteiger charge is 2.26. The Labute approximate surface area is 132 Å². The van der Waals surface area contributed by atoms with Crippen LogP contribution in [0.1, 0.15) is 30.0 Å². The lowest BCUT2D eigenvalue weighted by atomic mass is 10.1. The van der Waals surface area contributed by atoms with Gasteiger partial charge in [-0.3, -0.25) is 0 Å². The number of benzene rings is 1. The van der Waals surface area contributed by atoms with Crippen LogP contribution in [0.2, 0.25) is 0 Å². The first-order chi connectivity index (χ1) is 10.2. The van der Waals surface area contributed by atoms with E-state index in [1.165, 1.54) is 0 Å².